The molecule has 0 saturated carbocycles. The third-order valence-electron chi connectivity index (χ3n) is 6.16. The van der Waals surface area contributed by atoms with E-state index in [2.05, 4.69) is 105 Å². The molecule has 2 aliphatic carbocycles. The molecule has 0 N–H and O–H groups in total. The Kier molecular flexibility index (Phi) is 3.68. The molecule has 0 heteroatoms. The fourth-order valence-electron chi connectivity index (χ4n) is 5.01. The molecule has 0 aromatic heterocycles. The Labute approximate surface area is 161 Å². The Morgan fingerprint density at radius 1 is 0.815 bits per heavy atom. The van der Waals surface area contributed by atoms with Crippen LogP contribution in [0.15, 0.2) is 96.6 Å². The quantitative estimate of drug-likeness (QED) is 0.484. The summed E-state index contributed by atoms with van der Waals surface area (Å²) < 4.78 is 0. The van der Waals surface area contributed by atoms with Gasteiger partial charge in [0.15, 0.2) is 0 Å². The third-order valence-corrected chi connectivity index (χ3v) is 6.16. The van der Waals surface area contributed by atoms with Crippen LogP contribution in [0.1, 0.15) is 41.2 Å². The minimum absolute atomic E-state index is 0.226. The van der Waals surface area contributed by atoms with E-state index in [9.17, 15) is 0 Å². The molecule has 3 aromatic carbocycles. The fourth-order valence-corrected chi connectivity index (χ4v) is 5.01. The molecule has 0 fully saturated rings. The highest BCUT2D eigenvalue weighted by atomic mass is 14.5. The Morgan fingerprint density at radius 3 is 2.07 bits per heavy atom. The number of rotatable bonds is 2. The van der Waals surface area contributed by atoms with Crippen LogP contribution in [0.3, 0.4) is 0 Å². The zero-order valence-electron chi connectivity index (χ0n) is 15.9. The molecular weight excluding hydrogens is 324 g/mol. The van der Waals surface area contributed by atoms with Gasteiger partial charge in [-0.15, -0.1) is 0 Å². The summed E-state index contributed by atoms with van der Waals surface area (Å²) in [7, 11) is 0. The zero-order valence-corrected chi connectivity index (χ0v) is 15.9. The second-order valence-electron chi connectivity index (χ2n) is 7.96. The lowest BCUT2D eigenvalue weighted by atomic mass is 9.66. The summed E-state index contributed by atoms with van der Waals surface area (Å²) in [4.78, 5) is 0. The minimum Gasteiger partial charge on any atom is -0.0810 e. The van der Waals surface area contributed by atoms with Crippen molar-refractivity contribution in [3.8, 4) is 0 Å². The summed E-state index contributed by atoms with van der Waals surface area (Å²) in [5, 5.41) is 0. The van der Waals surface area contributed by atoms with Crippen molar-refractivity contribution in [1.82, 2.24) is 0 Å². The number of allylic oxidation sites excluding steroid dienone is 4. The first-order valence-corrected chi connectivity index (χ1v) is 9.85. The first-order valence-electron chi connectivity index (χ1n) is 9.85. The maximum Gasteiger partial charge on any atom is 0.0710 e. The van der Waals surface area contributed by atoms with Crippen molar-refractivity contribution in [2.45, 2.75) is 25.7 Å². The second-order valence-corrected chi connectivity index (χ2v) is 7.96. The molecule has 0 radical (unpaired) electrons. The van der Waals surface area contributed by atoms with E-state index < -0.39 is 0 Å². The molecule has 0 nitrogen and oxygen atoms in total. The summed E-state index contributed by atoms with van der Waals surface area (Å²) in [6.07, 6.45) is 5.90. The third kappa shape index (κ3) is 2.29. The lowest BCUT2D eigenvalue weighted by Gasteiger charge is -2.35. The molecule has 0 saturated heterocycles. The highest BCUT2D eigenvalue weighted by molar-refractivity contribution is 5.88. The van der Waals surface area contributed by atoms with E-state index >= 15 is 0 Å². The van der Waals surface area contributed by atoms with Crippen molar-refractivity contribution in [3.63, 3.8) is 0 Å². The van der Waals surface area contributed by atoms with Crippen molar-refractivity contribution in [3.05, 3.63) is 124 Å². The molecule has 5 rings (SSSR count). The Hall–Kier alpha value is -2.86. The molecular formula is C27H24. The summed E-state index contributed by atoms with van der Waals surface area (Å²) in [5.74, 6) is 0.584. The van der Waals surface area contributed by atoms with Gasteiger partial charge in [-0.25, -0.2) is 0 Å². The Bertz CT molecular complexity index is 1010. The molecule has 0 bridgehead atoms. The minimum atomic E-state index is -0.226. The topological polar surface area (TPSA) is 0 Å². The van der Waals surface area contributed by atoms with Gasteiger partial charge < -0.3 is 0 Å². The molecule has 132 valence electrons. The van der Waals surface area contributed by atoms with Gasteiger partial charge in [0.25, 0.3) is 0 Å². The number of hydrogen-bond donors (Lipinski definition) is 0. The molecule has 1 unspecified atom stereocenters. The van der Waals surface area contributed by atoms with Gasteiger partial charge in [-0.05, 0) is 52.7 Å². The normalized spacial score (nSPS) is 19.7. The summed E-state index contributed by atoms with van der Waals surface area (Å²) in [6.45, 7) is 4.52. The highest BCUT2D eigenvalue weighted by Gasteiger charge is 2.47. The maximum absolute atomic E-state index is 2.41. The van der Waals surface area contributed by atoms with Gasteiger partial charge in [0.2, 0.25) is 0 Å². The Morgan fingerprint density at radius 2 is 1.44 bits per heavy atom. The van der Waals surface area contributed by atoms with E-state index in [4.69, 9.17) is 0 Å². The van der Waals surface area contributed by atoms with E-state index in [0.717, 1.165) is 6.42 Å². The van der Waals surface area contributed by atoms with Crippen LogP contribution in [0.25, 0.3) is 5.57 Å². The van der Waals surface area contributed by atoms with Crippen LogP contribution < -0.4 is 0 Å². The molecule has 3 aromatic rings. The van der Waals surface area contributed by atoms with Crippen LogP contribution in [0, 0.1) is 12.8 Å². The lowest BCUT2D eigenvalue weighted by Crippen LogP contribution is -2.29. The van der Waals surface area contributed by atoms with E-state index in [-0.39, 0.29) is 5.41 Å². The van der Waals surface area contributed by atoms with Gasteiger partial charge in [-0.2, -0.15) is 0 Å². The SMILES string of the molecule is Cc1ccc2c(c1)C(c1ccccc1)(c1ccccc1)C1=C2CC(C)C=C1. The van der Waals surface area contributed by atoms with Crippen LogP contribution in [0.4, 0.5) is 0 Å². The average molecular weight is 348 g/mol. The number of fused-ring (bicyclic) bond motifs is 2. The van der Waals surface area contributed by atoms with Crippen molar-refractivity contribution in [2.24, 2.45) is 5.92 Å². The van der Waals surface area contributed by atoms with Gasteiger partial charge in [0, 0.05) is 0 Å². The number of hydrogen-bond acceptors (Lipinski definition) is 0. The van der Waals surface area contributed by atoms with E-state index in [1.807, 2.05) is 0 Å². The molecule has 0 aliphatic heterocycles. The second kappa shape index (κ2) is 6.09. The summed E-state index contributed by atoms with van der Waals surface area (Å²) in [5.41, 5.74) is 9.64. The summed E-state index contributed by atoms with van der Waals surface area (Å²) >= 11 is 0. The first-order chi connectivity index (χ1) is 13.2. The average Bonchev–Trinajstić information content (AvgIpc) is 2.99. The molecule has 0 spiro atoms. The van der Waals surface area contributed by atoms with Crippen LogP contribution in [0.5, 0.6) is 0 Å². The molecule has 2 aliphatic rings. The molecule has 1 atom stereocenters. The monoisotopic (exact) mass is 348 g/mol. The van der Waals surface area contributed by atoms with E-state index in [0.29, 0.717) is 5.92 Å². The predicted octanol–water partition coefficient (Wildman–Crippen LogP) is 6.69. The summed E-state index contributed by atoms with van der Waals surface area (Å²) in [6, 6.07) is 29.1. The zero-order chi connectivity index (χ0) is 18.4. The molecule has 0 heterocycles. The van der Waals surface area contributed by atoms with E-state index in [1.54, 1.807) is 0 Å². The number of aryl methyl sites for hydroxylation is 1. The smallest absolute Gasteiger partial charge is 0.0710 e. The fraction of sp³-hybridized carbons (Fsp3) is 0.185. The van der Waals surface area contributed by atoms with Crippen LogP contribution in [0.2, 0.25) is 0 Å². The first kappa shape index (κ1) is 16.3. The van der Waals surface area contributed by atoms with Crippen molar-refractivity contribution >= 4 is 5.57 Å². The van der Waals surface area contributed by atoms with Gasteiger partial charge in [-0.1, -0.05) is 104 Å². The van der Waals surface area contributed by atoms with Crippen LogP contribution in [-0.4, -0.2) is 0 Å². The van der Waals surface area contributed by atoms with Gasteiger partial charge in [0.05, 0.1) is 5.41 Å². The highest BCUT2D eigenvalue weighted by Crippen LogP contribution is 2.57. The van der Waals surface area contributed by atoms with Crippen LogP contribution >= 0.6 is 0 Å². The van der Waals surface area contributed by atoms with Crippen molar-refractivity contribution < 1.29 is 0 Å². The van der Waals surface area contributed by atoms with Gasteiger partial charge in [-0.3, -0.25) is 0 Å². The Balaban J connectivity index is 1.93. The predicted molar refractivity (Wildman–Crippen MR) is 114 cm³/mol. The standard InChI is InChI=1S/C27H24/c1-19-14-16-25-24(17-19)23-15-13-20(2)18-26(23)27(25,21-9-5-3-6-10-21)22-11-7-4-8-12-22/h3-16,18-19H,17H2,1-2H3. The largest absolute Gasteiger partial charge is 0.0810 e. The van der Waals surface area contributed by atoms with Crippen molar-refractivity contribution in [1.29, 1.82) is 0 Å². The van der Waals surface area contributed by atoms with Gasteiger partial charge >= 0.3 is 0 Å². The van der Waals surface area contributed by atoms with E-state index in [1.165, 1.54) is 39.0 Å². The van der Waals surface area contributed by atoms with Gasteiger partial charge in [0.1, 0.15) is 0 Å². The maximum atomic E-state index is 2.41. The molecule has 27 heavy (non-hydrogen) atoms. The van der Waals surface area contributed by atoms with Crippen LogP contribution in [-0.2, 0) is 5.41 Å². The molecule has 0 amide bonds. The van der Waals surface area contributed by atoms with Crippen molar-refractivity contribution in [2.75, 3.05) is 0 Å². The number of benzene rings is 3. The lowest BCUT2D eigenvalue weighted by molar-refractivity contribution is 0.717.